The maximum atomic E-state index is 11.6. The third-order valence-electron chi connectivity index (χ3n) is 3.25. The van der Waals surface area contributed by atoms with Crippen LogP contribution in [-0.2, 0) is 9.59 Å². The highest BCUT2D eigenvalue weighted by Gasteiger charge is 2.22. The van der Waals surface area contributed by atoms with Crippen LogP contribution in [0.1, 0.15) is 20.8 Å². The van der Waals surface area contributed by atoms with Crippen molar-refractivity contribution >= 4 is 23.2 Å². The molecule has 0 spiro atoms. The second-order valence-electron chi connectivity index (χ2n) is 4.75. The molecule has 1 heterocycles. The van der Waals surface area contributed by atoms with Crippen molar-refractivity contribution in [1.82, 2.24) is 5.32 Å². The van der Waals surface area contributed by atoms with E-state index in [2.05, 4.69) is 39.6 Å². The Morgan fingerprint density at radius 3 is 2.32 bits per heavy atom. The van der Waals surface area contributed by atoms with Crippen LogP contribution < -0.4 is 15.5 Å². The zero-order valence-electron chi connectivity index (χ0n) is 12.9. The average Bonchev–Trinajstić information content (AvgIpc) is 2.83. The Morgan fingerprint density at radius 1 is 1.14 bits per heavy atom. The fraction of sp³-hybridized carbons (Fsp3) is 0.333. The molecule has 116 valence electrons. The summed E-state index contributed by atoms with van der Waals surface area (Å²) in [5.41, 5.74) is 1.96. The fourth-order valence-corrected chi connectivity index (χ4v) is 2.15. The van der Waals surface area contributed by atoms with Crippen molar-refractivity contribution in [1.29, 1.82) is 0 Å². The van der Waals surface area contributed by atoms with Crippen LogP contribution in [0.25, 0.3) is 0 Å². The zero-order chi connectivity index (χ0) is 16.1. The van der Waals surface area contributed by atoms with Crippen molar-refractivity contribution in [3.05, 3.63) is 35.8 Å². The fourth-order valence-electron chi connectivity index (χ4n) is 2.15. The Bertz CT molecular complexity index is 630. The van der Waals surface area contributed by atoms with Gasteiger partial charge in [0.25, 0.3) is 0 Å². The highest BCUT2D eigenvalue weighted by molar-refractivity contribution is 5.99. The minimum atomic E-state index is -0.558. The number of hydrogen-bond donors (Lipinski definition) is 2. The van der Waals surface area contributed by atoms with Gasteiger partial charge in [-0.25, -0.2) is 0 Å². The van der Waals surface area contributed by atoms with Gasteiger partial charge in [-0.3, -0.25) is 9.59 Å². The molecule has 2 amide bonds. The minimum absolute atomic E-state index is 0.0697. The molecule has 0 atom stereocenters. The van der Waals surface area contributed by atoms with Gasteiger partial charge in [-0.15, -0.1) is 10.2 Å². The lowest BCUT2D eigenvalue weighted by atomic mass is 10.2. The van der Waals surface area contributed by atoms with E-state index in [9.17, 15) is 9.59 Å². The standard InChI is InChI=1S/C15H19N5O2/c1-4-20(5-2)12-8-6-11(7-9-12)17-14-13(16-10(3)21)15(22)19-18-14/h6-9H,4-5H2,1-3H3,(H2,16,17,18,19,21,22). The monoisotopic (exact) mass is 301 g/mol. The van der Waals surface area contributed by atoms with Gasteiger partial charge in [0.1, 0.15) is 0 Å². The maximum Gasteiger partial charge on any atom is 0.315 e. The van der Waals surface area contributed by atoms with Crippen LogP contribution in [0.15, 0.2) is 46.0 Å². The van der Waals surface area contributed by atoms with Gasteiger partial charge in [-0.05, 0) is 38.1 Å². The minimum Gasteiger partial charge on any atom is -0.372 e. The molecule has 1 aromatic rings. The SMILES string of the molecule is CCN(CC)c1ccc(NC2=C(NC(C)=O)C(=O)N=N2)cc1. The second kappa shape index (κ2) is 6.84. The molecular formula is C15H19N5O2. The number of rotatable bonds is 6. The largest absolute Gasteiger partial charge is 0.372 e. The highest BCUT2D eigenvalue weighted by atomic mass is 16.2. The zero-order valence-corrected chi connectivity index (χ0v) is 12.9. The van der Waals surface area contributed by atoms with Crippen LogP contribution in [0, 0.1) is 0 Å². The second-order valence-corrected chi connectivity index (χ2v) is 4.75. The van der Waals surface area contributed by atoms with Crippen molar-refractivity contribution in [3.8, 4) is 0 Å². The molecule has 1 aliphatic heterocycles. The summed E-state index contributed by atoms with van der Waals surface area (Å²) in [5.74, 6) is -0.653. The van der Waals surface area contributed by atoms with Gasteiger partial charge in [0.2, 0.25) is 5.91 Å². The van der Waals surface area contributed by atoms with Gasteiger partial charge in [-0.1, -0.05) is 0 Å². The Morgan fingerprint density at radius 2 is 1.77 bits per heavy atom. The van der Waals surface area contributed by atoms with E-state index in [1.165, 1.54) is 6.92 Å². The van der Waals surface area contributed by atoms with E-state index in [4.69, 9.17) is 0 Å². The number of carbonyl (C=O) groups excluding carboxylic acids is 2. The highest BCUT2D eigenvalue weighted by Crippen LogP contribution is 2.21. The first kappa shape index (κ1) is 15.7. The number of anilines is 2. The summed E-state index contributed by atoms with van der Waals surface area (Å²) in [4.78, 5) is 24.9. The van der Waals surface area contributed by atoms with Crippen LogP contribution in [-0.4, -0.2) is 24.9 Å². The molecule has 7 heteroatoms. The molecule has 0 aromatic heterocycles. The molecule has 0 fully saturated rings. The maximum absolute atomic E-state index is 11.6. The number of hydrogen-bond acceptors (Lipinski definition) is 5. The molecule has 0 bridgehead atoms. The van der Waals surface area contributed by atoms with E-state index in [1.54, 1.807) is 0 Å². The van der Waals surface area contributed by atoms with Gasteiger partial charge in [0.05, 0.1) is 0 Å². The van der Waals surface area contributed by atoms with Crippen molar-refractivity contribution in [2.24, 2.45) is 10.2 Å². The molecule has 0 saturated heterocycles. The summed E-state index contributed by atoms with van der Waals surface area (Å²) in [6.07, 6.45) is 0. The lowest BCUT2D eigenvalue weighted by molar-refractivity contribution is -0.121. The predicted octanol–water partition coefficient (Wildman–Crippen LogP) is 2.24. The van der Waals surface area contributed by atoms with Crippen molar-refractivity contribution in [2.75, 3.05) is 23.3 Å². The summed E-state index contributed by atoms with van der Waals surface area (Å²) in [6, 6.07) is 7.76. The van der Waals surface area contributed by atoms with Crippen LogP contribution in [0.4, 0.5) is 11.4 Å². The topological polar surface area (TPSA) is 86.2 Å². The first-order valence-corrected chi connectivity index (χ1v) is 7.15. The molecule has 2 rings (SSSR count). The van der Waals surface area contributed by atoms with Crippen LogP contribution in [0.2, 0.25) is 0 Å². The number of carbonyl (C=O) groups is 2. The van der Waals surface area contributed by atoms with Gasteiger partial charge >= 0.3 is 5.91 Å². The molecule has 0 unspecified atom stereocenters. The van der Waals surface area contributed by atoms with Gasteiger partial charge < -0.3 is 15.5 Å². The van der Waals surface area contributed by atoms with E-state index in [0.717, 1.165) is 24.5 Å². The molecule has 0 aliphatic carbocycles. The Hall–Kier alpha value is -2.70. The smallest absolute Gasteiger partial charge is 0.315 e. The van der Waals surface area contributed by atoms with Crippen LogP contribution >= 0.6 is 0 Å². The van der Waals surface area contributed by atoms with Crippen molar-refractivity contribution in [3.63, 3.8) is 0 Å². The number of nitrogens with zero attached hydrogens (tertiary/aromatic N) is 3. The molecule has 22 heavy (non-hydrogen) atoms. The Labute approximate surface area is 129 Å². The summed E-state index contributed by atoms with van der Waals surface area (Å²) in [6.45, 7) is 7.40. The molecule has 0 saturated carbocycles. The molecule has 1 aliphatic rings. The van der Waals surface area contributed by atoms with E-state index >= 15 is 0 Å². The van der Waals surface area contributed by atoms with E-state index in [0.29, 0.717) is 0 Å². The van der Waals surface area contributed by atoms with Crippen LogP contribution in [0.3, 0.4) is 0 Å². The number of benzene rings is 1. The average molecular weight is 301 g/mol. The van der Waals surface area contributed by atoms with Crippen LogP contribution in [0.5, 0.6) is 0 Å². The van der Waals surface area contributed by atoms with Gasteiger partial charge in [0.15, 0.2) is 11.5 Å². The van der Waals surface area contributed by atoms with Crippen molar-refractivity contribution < 1.29 is 9.59 Å². The van der Waals surface area contributed by atoms with E-state index in [-0.39, 0.29) is 17.4 Å². The number of nitrogens with one attached hydrogen (secondary N) is 2. The molecule has 7 nitrogen and oxygen atoms in total. The quantitative estimate of drug-likeness (QED) is 0.843. The summed E-state index contributed by atoms with van der Waals surface area (Å²) >= 11 is 0. The molecule has 1 aromatic carbocycles. The van der Waals surface area contributed by atoms with E-state index < -0.39 is 5.91 Å². The third-order valence-corrected chi connectivity index (χ3v) is 3.25. The van der Waals surface area contributed by atoms with Gasteiger partial charge in [0, 0.05) is 31.4 Å². The van der Waals surface area contributed by atoms with Crippen molar-refractivity contribution in [2.45, 2.75) is 20.8 Å². The Balaban J connectivity index is 2.16. The summed E-state index contributed by atoms with van der Waals surface area (Å²) < 4.78 is 0. The first-order valence-electron chi connectivity index (χ1n) is 7.15. The molecule has 0 radical (unpaired) electrons. The summed E-state index contributed by atoms with van der Waals surface area (Å²) in [5, 5.41) is 12.6. The Kier molecular flexibility index (Phi) is 4.88. The lowest BCUT2D eigenvalue weighted by Crippen LogP contribution is -2.25. The predicted molar refractivity (Wildman–Crippen MR) is 84.3 cm³/mol. The van der Waals surface area contributed by atoms with Gasteiger partial charge in [-0.2, -0.15) is 0 Å². The number of azo groups is 1. The number of amides is 2. The lowest BCUT2D eigenvalue weighted by Gasteiger charge is -2.21. The summed E-state index contributed by atoms with van der Waals surface area (Å²) in [7, 11) is 0. The first-order chi connectivity index (χ1) is 10.5. The molecule has 2 N–H and O–H groups in total. The van der Waals surface area contributed by atoms with E-state index in [1.807, 2.05) is 24.3 Å². The third kappa shape index (κ3) is 3.49. The normalized spacial score (nSPS) is 13.5. The molecular weight excluding hydrogens is 282 g/mol.